The molecule has 0 aliphatic rings. The molecule has 0 saturated heterocycles. The number of amides is 1. The number of benzene rings is 2. The average molecular weight is 449 g/mol. The third-order valence-corrected chi connectivity index (χ3v) is 5.00. The molecular formula is C19H19BrClN5O. The molecule has 140 valence electrons. The van der Waals surface area contributed by atoms with Gasteiger partial charge in [-0.1, -0.05) is 45.7 Å². The lowest BCUT2D eigenvalue weighted by Gasteiger charge is -2.22. The molecule has 0 radical (unpaired) electrons. The highest BCUT2D eigenvalue weighted by molar-refractivity contribution is 9.10. The number of aromatic nitrogens is 4. The van der Waals surface area contributed by atoms with E-state index in [1.807, 2.05) is 56.3 Å². The summed E-state index contributed by atoms with van der Waals surface area (Å²) in [6, 6.07) is 15.1. The largest absolute Gasteiger partial charge is 0.351 e. The van der Waals surface area contributed by atoms with E-state index in [-0.39, 0.29) is 5.91 Å². The number of nitrogens with one attached hydrogen (secondary N) is 1. The monoisotopic (exact) mass is 447 g/mol. The summed E-state index contributed by atoms with van der Waals surface area (Å²) in [5.41, 5.74) is 1.03. The van der Waals surface area contributed by atoms with Crippen LogP contribution in [0.4, 0.5) is 0 Å². The number of hydrogen-bond acceptors (Lipinski definition) is 4. The third kappa shape index (κ3) is 4.93. The molecule has 2 aromatic carbocycles. The van der Waals surface area contributed by atoms with Crippen LogP contribution in [0.1, 0.15) is 19.4 Å². The first-order valence-electron chi connectivity index (χ1n) is 8.40. The van der Waals surface area contributed by atoms with Crippen molar-refractivity contribution in [3.8, 4) is 11.4 Å². The van der Waals surface area contributed by atoms with E-state index in [9.17, 15) is 4.79 Å². The molecule has 0 atom stereocenters. The van der Waals surface area contributed by atoms with E-state index in [1.54, 1.807) is 6.07 Å². The first-order chi connectivity index (χ1) is 12.8. The first kappa shape index (κ1) is 19.5. The number of nitrogens with zero attached hydrogens (tertiary/aromatic N) is 4. The molecule has 0 saturated carbocycles. The summed E-state index contributed by atoms with van der Waals surface area (Å²) in [5.74, 6) is 0.416. The van der Waals surface area contributed by atoms with E-state index < -0.39 is 5.41 Å². The van der Waals surface area contributed by atoms with Crippen LogP contribution in [0.15, 0.2) is 53.0 Å². The standard InChI is InChI=1S/C19H19BrClN5O/c1-19(2,18(27)22-11-14-5-3-4-6-16(14)21)12-26-24-17(23-25-26)13-7-9-15(20)10-8-13/h3-10H,11-12H2,1-2H3,(H,22,27). The Labute approximate surface area is 171 Å². The Morgan fingerprint density at radius 1 is 1.19 bits per heavy atom. The van der Waals surface area contributed by atoms with Crippen molar-refractivity contribution >= 4 is 33.4 Å². The predicted molar refractivity (Wildman–Crippen MR) is 108 cm³/mol. The van der Waals surface area contributed by atoms with Crippen LogP contribution in [0, 0.1) is 5.41 Å². The molecule has 27 heavy (non-hydrogen) atoms. The van der Waals surface area contributed by atoms with Gasteiger partial charge < -0.3 is 5.32 Å². The van der Waals surface area contributed by atoms with Gasteiger partial charge in [0.15, 0.2) is 0 Å². The molecule has 8 heteroatoms. The SMILES string of the molecule is CC(C)(Cn1nnc(-c2ccc(Br)cc2)n1)C(=O)NCc1ccccc1Cl. The second kappa shape index (κ2) is 8.19. The van der Waals surface area contributed by atoms with Crippen molar-refractivity contribution in [2.45, 2.75) is 26.9 Å². The number of rotatable bonds is 6. The number of carbonyl (C=O) groups excluding carboxylic acids is 1. The summed E-state index contributed by atoms with van der Waals surface area (Å²) in [5, 5.41) is 16.1. The lowest BCUT2D eigenvalue weighted by Crippen LogP contribution is -2.39. The normalized spacial score (nSPS) is 11.4. The second-order valence-electron chi connectivity index (χ2n) is 6.81. The molecule has 0 aliphatic carbocycles. The Morgan fingerprint density at radius 2 is 1.89 bits per heavy atom. The third-order valence-electron chi connectivity index (χ3n) is 4.10. The van der Waals surface area contributed by atoms with Crippen LogP contribution < -0.4 is 5.32 Å². The summed E-state index contributed by atoms with van der Waals surface area (Å²) in [6.45, 7) is 4.37. The number of carbonyl (C=O) groups is 1. The van der Waals surface area contributed by atoms with Crippen molar-refractivity contribution in [1.82, 2.24) is 25.5 Å². The Kier molecular flexibility index (Phi) is 5.92. The van der Waals surface area contributed by atoms with Crippen LogP contribution in [0.5, 0.6) is 0 Å². The minimum Gasteiger partial charge on any atom is -0.351 e. The Balaban J connectivity index is 1.64. The fourth-order valence-electron chi connectivity index (χ4n) is 2.51. The van der Waals surface area contributed by atoms with Gasteiger partial charge in [-0.15, -0.1) is 10.2 Å². The maximum atomic E-state index is 12.6. The van der Waals surface area contributed by atoms with E-state index in [0.29, 0.717) is 23.9 Å². The van der Waals surface area contributed by atoms with Crippen molar-refractivity contribution in [3.63, 3.8) is 0 Å². The lowest BCUT2D eigenvalue weighted by atomic mass is 9.92. The highest BCUT2D eigenvalue weighted by atomic mass is 79.9. The molecule has 6 nitrogen and oxygen atoms in total. The number of halogens is 2. The molecule has 3 rings (SSSR count). The van der Waals surface area contributed by atoms with Crippen LogP contribution in [0.2, 0.25) is 5.02 Å². The zero-order valence-electron chi connectivity index (χ0n) is 15.0. The molecule has 0 unspecified atom stereocenters. The molecule has 1 heterocycles. The van der Waals surface area contributed by atoms with Gasteiger partial charge in [0.05, 0.1) is 12.0 Å². The van der Waals surface area contributed by atoms with Crippen LogP contribution in [-0.2, 0) is 17.9 Å². The zero-order chi connectivity index (χ0) is 19.4. The van der Waals surface area contributed by atoms with Gasteiger partial charge in [-0.25, -0.2) is 0 Å². The Bertz CT molecular complexity index is 939. The molecule has 0 fully saturated rings. The van der Waals surface area contributed by atoms with Gasteiger partial charge in [-0.2, -0.15) is 4.80 Å². The summed E-state index contributed by atoms with van der Waals surface area (Å²) < 4.78 is 0.981. The van der Waals surface area contributed by atoms with Crippen LogP contribution in [0.25, 0.3) is 11.4 Å². The van der Waals surface area contributed by atoms with E-state index >= 15 is 0 Å². The van der Waals surface area contributed by atoms with E-state index in [2.05, 4.69) is 36.7 Å². The summed E-state index contributed by atoms with van der Waals surface area (Å²) in [7, 11) is 0. The van der Waals surface area contributed by atoms with Crippen LogP contribution in [-0.4, -0.2) is 26.1 Å². The quantitative estimate of drug-likeness (QED) is 0.616. The average Bonchev–Trinajstić information content (AvgIpc) is 3.09. The molecule has 0 bridgehead atoms. The van der Waals surface area contributed by atoms with Gasteiger partial charge in [-0.05, 0) is 55.0 Å². The fourth-order valence-corrected chi connectivity index (χ4v) is 2.97. The van der Waals surface area contributed by atoms with Gasteiger partial charge in [0.1, 0.15) is 0 Å². The Hall–Kier alpha value is -2.25. The number of hydrogen-bond donors (Lipinski definition) is 1. The highest BCUT2D eigenvalue weighted by Gasteiger charge is 2.29. The lowest BCUT2D eigenvalue weighted by molar-refractivity contribution is -0.130. The van der Waals surface area contributed by atoms with Crippen molar-refractivity contribution in [1.29, 1.82) is 0 Å². The van der Waals surface area contributed by atoms with E-state index in [0.717, 1.165) is 15.6 Å². The van der Waals surface area contributed by atoms with Gasteiger partial charge in [-0.3, -0.25) is 4.79 Å². The fraction of sp³-hybridized carbons (Fsp3) is 0.263. The molecule has 1 aromatic heterocycles. The highest BCUT2D eigenvalue weighted by Crippen LogP contribution is 2.21. The molecule has 0 aliphatic heterocycles. The first-order valence-corrected chi connectivity index (χ1v) is 9.58. The van der Waals surface area contributed by atoms with E-state index in [4.69, 9.17) is 11.6 Å². The van der Waals surface area contributed by atoms with Crippen molar-refractivity contribution in [2.24, 2.45) is 5.41 Å². The number of tetrazole rings is 1. The van der Waals surface area contributed by atoms with E-state index in [1.165, 1.54) is 4.80 Å². The van der Waals surface area contributed by atoms with Gasteiger partial charge in [0.25, 0.3) is 0 Å². The topological polar surface area (TPSA) is 72.7 Å². The van der Waals surface area contributed by atoms with Crippen LogP contribution in [0.3, 0.4) is 0 Å². The Morgan fingerprint density at radius 3 is 2.59 bits per heavy atom. The van der Waals surface area contributed by atoms with Crippen molar-refractivity contribution < 1.29 is 4.79 Å². The molecule has 3 aromatic rings. The summed E-state index contributed by atoms with van der Waals surface area (Å²) in [4.78, 5) is 14.1. The minimum atomic E-state index is -0.709. The predicted octanol–water partition coefficient (Wildman–Crippen LogP) is 4.10. The maximum absolute atomic E-state index is 12.6. The minimum absolute atomic E-state index is 0.107. The van der Waals surface area contributed by atoms with Gasteiger partial charge in [0.2, 0.25) is 11.7 Å². The summed E-state index contributed by atoms with van der Waals surface area (Å²) in [6.07, 6.45) is 0. The van der Waals surface area contributed by atoms with Gasteiger partial charge >= 0.3 is 0 Å². The summed E-state index contributed by atoms with van der Waals surface area (Å²) >= 11 is 9.54. The second-order valence-corrected chi connectivity index (χ2v) is 8.13. The molecule has 0 spiro atoms. The van der Waals surface area contributed by atoms with Crippen molar-refractivity contribution in [3.05, 3.63) is 63.6 Å². The zero-order valence-corrected chi connectivity index (χ0v) is 17.3. The maximum Gasteiger partial charge on any atom is 0.227 e. The van der Waals surface area contributed by atoms with Crippen molar-refractivity contribution in [2.75, 3.05) is 0 Å². The molecule has 1 N–H and O–H groups in total. The van der Waals surface area contributed by atoms with Gasteiger partial charge in [0, 0.05) is 21.6 Å². The molecular weight excluding hydrogens is 430 g/mol. The molecule has 1 amide bonds. The van der Waals surface area contributed by atoms with Crippen LogP contribution >= 0.6 is 27.5 Å². The smallest absolute Gasteiger partial charge is 0.227 e.